The Kier molecular flexibility index (Phi) is 5.39. The van der Waals surface area contributed by atoms with E-state index in [0.29, 0.717) is 10.0 Å². The molecule has 6 heteroatoms. The maximum absolute atomic E-state index is 11.5. The molecule has 1 aromatic rings. The summed E-state index contributed by atoms with van der Waals surface area (Å²) >= 11 is 3.16. The van der Waals surface area contributed by atoms with Crippen LogP contribution in [0.25, 0.3) is 6.08 Å². The highest BCUT2D eigenvalue weighted by atomic mass is 79.9. The Morgan fingerprint density at radius 2 is 2.26 bits per heavy atom. The summed E-state index contributed by atoms with van der Waals surface area (Å²) in [4.78, 5) is 11.5. The third kappa shape index (κ3) is 3.73. The molecule has 5 nitrogen and oxygen atoms in total. The quantitative estimate of drug-likeness (QED) is 0.523. The maximum Gasteiger partial charge on any atom is 0.348 e. The summed E-state index contributed by atoms with van der Waals surface area (Å²) in [5, 5.41) is 18.6. The van der Waals surface area contributed by atoms with Crippen LogP contribution in [0.5, 0.6) is 11.5 Å². The highest BCUT2D eigenvalue weighted by Gasteiger charge is 2.12. The minimum atomic E-state index is -0.687. The molecule has 0 aliphatic carbocycles. The molecule has 0 aromatic heterocycles. The summed E-state index contributed by atoms with van der Waals surface area (Å²) in [5.41, 5.74) is 0.410. The molecule has 0 atom stereocenters. The first-order valence-corrected chi connectivity index (χ1v) is 6.18. The molecule has 0 radical (unpaired) electrons. The number of benzene rings is 1. The Hall–Kier alpha value is -2.00. The van der Waals surface area contributed by atoms with Gasteiger partial charge in [-0.2, -0.15) is 5.26 Å². The molecule has 0 spiro atoms. The van der Waals surface area contributed by atoms with Gasteiger partial charge in [0.2, 0.25) is 0 Å². The molecule has 1 rings (SSSR count). The topological polar surface area (TPSA) is 79.6 Å². The lowest BCUT2D eigenvalue weighted by atomic mass is 10.1. The standard InChI is InChI=1S/C13H12BrNO4/c1-3-19-13(17)9(7-15)4-8-5-10(14)12(16)11(6-8)18-2/h4-6,16H,3H2,1-2H3/b9-4-. The monoisotopic (exact) mass is 325 g/mol. The predicted octanol–water partition coefficient (Wildman–Crippen LogP) is 2.63. The van der Waals surface area contributed by atoms with Crippen LogP contribution in [-0.2, 0) is 9.53 Å². The average Bonchev–Trinajstić information content (AvgIpc) is 2.39. The van der Waals surface area contributed by atoms with Gasteiger partial charge in [-0.3, -0.25) is 0 Å². The summed E-state index contributed by atoms with van der Waals surface area (Å²) in [6, 6.07) is 4.85. The highest BCUT2D eigenvalue weighted by Crippen LogP contribution is 2.35. The zero-order valence-corrected chi connectivity index (χ0v) is 12.0. The number of nitriles is 1. The fraction of sp³-hybridized carbons (Fsp3) is 0.231. The largest absolute Gasteiger partial charge is 0.503 e. The van der Waals surface area contributed by atoms with Gasteiger partial charge in [0.15, 0.2) is 11.5 Å². The van der Waals surface area contributed by atoms with Gasteiger partial charge in [0, 0.05) is 0 Å². The second-order valence-corrected chi connectivity index (χ2v) is 4.30. The number of esters is 1. The van der Waals surface area contributed by atoms with Crippen LogP contribution in [0.3, 0.4) is 0 Å². The van der Waals surface area contributed by atoms with Crippen molar-refractivity contribution >= 4 is 28.0 Å². The molecule has 0 amide bonds. The van der Waals surface area contributed by atoms with Gasteiger partial charge in [0.25, 0.3) is 0 Å². The molecule has 19 heavy (non-hydrogen) atoms. The van der Waals surface area contributed by atoms with E-state index in [2.05, 4.69) is 15.9 Å². The van der Waals surface area contributed by atoms with Gasteiger partial charge in [-0.05, 0) is 46.6 Å². The molecular formula is C13H12BrNO4. The number of ether oxygens (including phenoxy) is 2. The summed E-state index contributed by atoms with van der Waals surface area (Å²) in [6.07, 6.45) is 1.37. The third-order valence-corrected chi connectivity index (χ3v) is 2.80. The Labute approximate surface area is 119 Å². The van der Waals surface area contributed by atoms with Crippen molar-refractivity contribution in [3.05, 3.63) is 27.7 Å². The van der Waals surface area contributed by atoms with Crippen LogP contribution >= 0.6 is 15.9 Å². The van der Waals surface area contributed by atoms with Crippen molar-refractivity contribution in [3.63, 3.8) is 0 Å². The first-order valence-electron chi connectivity index (χ1n) is 5.38. The van der Waals surface area contributed by atoms with Crippen molar-refractivity contribution in [3.8, 4) is 17.6 Å². The average molecular weight is 326 g/mol. The summed E-state index contributed by atoms with van der Waals surface area (Å²) < 4.78 is 10.1. The zero-order valence-electron chi connectivity index (χ0n) is 10.4. The third-order valence-electron chi connectivity index (χ3n) is 2.20. The minimum Gasteiger partial charge on any atom is -0.503 e. The number of methoxy groups -OCH3 is 1. The number of hydrogen-bond acceptors (Lipinski definition) is 5. The van der Waals surface area contributed by atoms with Gasteiger partial charge in [-0.1, -0.05) is 0 Å². The number of phenols is 1. The van der Waals surface area contributed by atoms with Gasteiger partial charge >= 0.3 is 5.97 Å². The molecule has 100 valence electrons. The minimum absolute atomic E-state index is 0.0470. The molecule has 0 heterocycles. The fourth-order valence-electron chi connectivity index (χ4n) is 1.35. The van der Waals surface area contributed by atoms with Crippen molar-refractivity contribution < 1.29 is 19.4 Å². The van der Waals surface area contributed by atoms with Crippen LogP contribution in [0.15, 0.2) is 22.2 Å². The number of carbonyl (C=O) groups excluding carboxylic acids is 1. The number of halogens is 1. The van der Waals surface area contributed by atoms with Gasteiger partial charge < -0.3 is 14.6 Å². The van der Waals surface area contributed by atoms with Crippen molar-refractivity contribution in [1.29, 1.82) is 5.26 Å². The number of hydrogen-bond donors (Lipinski definition) is 1. The van der Waals surface area contributed by atoms with Crippen LogP contribution in [0.2, 0.25) is 0 Å². The molecule has 1 aromatic carbocycles. The van der Waals surface area contributed by atoms with Crippen molar-refractivity contribution in [2.75, 3.05) is 13.7 Å². The molecule has 0 bridgehead atoms. The van der Waals surface area contributed by atoms with Crippen molar-refractivity contribution in [2.45, 2.75) is 6.92 Å². The van der Waals surface area contributed by atoms with E-state index in [1.165, 1.54) is 19.3 Å². The first-order chi connectivity index (χ1) is 9.03. The lowest BCUT2D eigenvalue weighted by Gasteiger charge is -2.07. The Balaban J connectivity index is 3.20. The van der Waals surface area contributed by atoms with Crippen LogP contribution in [-0.4, -0.2) is 24.8 Å². The molecular weight excluding hydrogens is 314 g/mol. The van der Waals surface area contributed by atoms with Crippen LogP contribution in [0.1, 0.15) is 12.5 Å². The van der Waals surface area contributed by atoms with Crippen LogP contribution in [0.4, 0.5) is 0 Å². The van der Waals surface area contributed by atoms with Gasteiger partial charge in [0.05, 0.1) is 18.2 Å². The van der Waals surface area contributed by atoms with E-state index >= 15 is 0 Å². The van der Waals surface area contributed by atoms with Crippen LogP contribution < -0.4 is 4.74 Å². The Morgan fingerprint density at radius 1 is 1.58 bits per heavy atom. The molecule has 0 aliphatic heterocycles. The molecule has 0 saturated carbocycles. The number of carbonyl (C=O) groups is 1. The van der Waals surface area contributed by atoms with E-state index in [0.717, 1.165) is 0 Å². The molecule has 0 aliphatic rings. The molecule has 1 N–H and O–H groups in total. The normalized spacial score (nSPS) is 10.7. The first kappa shape index (κ1) is 15.1. The lowest BCUT2D eigenvalue weighted by molar-refractivity contribution is -0.137. The number of aromatic hydroxyl groups is 1. The van der Waals surface area contributed by atoms with E-state index in [1.54, 1.807) is 19.1 Å². The number of nitrogens with zero attached hydrogens (tertiary/aromatic N) is 1. The van der Waals surface area contributed by atoms with E-state index in [1.807, 2.05) is 0 Å². The lowest BCUT2D eigenvalue weighted by Crippen LogP contribution is -2.06. The Bertz CT molecular complexity index is 560. The molecule has 0 saturated heterocycles. The van der Waals surface area contributed by atoms with E-state index in [9.17, 15) is 9.90 Å². The van der Waals surface area contributed by atoms with E-state index < -0.39 is 5.97 Å². The SMILES string of the molecule is CCOC(=O)/C(C#N)=C\c1cc(Br)c(O)c(OC)c1. The van der Waals surface area contributed by atoms with Gasteiger partial charge in [-0.15, -0.1) is 0 Å². The number of phenolic OH excluding ortho intramolecular Hbond substituents is 1. The van der Waals surface area contributed by atoms with Gasteiger partial charge in [-0.25, -0.2) is 4.79 Å². The predicted molar refractivity (Wildman–Crippen MR) is 72.6 cm³/mol. The summed E-state index contributed by atoms with van der Waals surface area (Å²) in [5.74, 6) is -0.496. The Morgan fingerprint density at radius 3 is 2.79 bits per heavy atom. The second-order valence-electron chi connectivity index (χ2n) is 3.44. The van der Waals surface area contributed by atoms with Crippen LogP contribution in [0, 0.1) is 11.3 Å². The fourth-order valence-corrected chi connectivity index (χ4v) is 1.80. The molecule has 0 unspecified atom stereocenters. The highest BCUT2D eigenvalue weighted by molar-refractivity contribution is 9.10. The summed E-state index contributed by atoms with van der Waals surface area (Å²) in [6.45, 7) is 1.85. The molecule has 0 fully saturated rings. The van der Waals surface area contributed by atoms with E-state index in [4.69, 9.17) is 14.7 Å². The summed E-state index contributed by atoms with van der Waals surface area (Å²) in [7, 11) is 1.41. The second kappa shape index (κ2) is 6.81. The number of rotatable bonds is 4. The van der Waals surface area contributed by atoms with Crippen molar-refractivity contribution in [2.24, 2.45) is 0 Å². The maximum atomic E-state index is 11.5. The zero-order chi connectivity index (χ0) is 14.4. The van der Waals surface area contributed by atoms with E-state index in [-0.39, 0.29) is 23.7 Å². The van der Waals surface area contributed by atoms with Gasteiger partial charge in [0.1, 0.15) is 11.6 Å². The smallest absolute Gasteiger partial charge is 0.348 e. The van der Waals surface area contributed by atoms with Crippen molar-refractivity contribution in [1.82, 2.24) is 0 Å².